The van der Waals surface area contributed by atoms with Crippen molar-refractivity contribution in [2.45, 2.75) is 0 Å². The van der Waals surface area contributed by atoms with Crippen molar-refractivity contribution in [2.75, 3.05) is 13.7 Å². The molecule has 1 heterocycles. The first-order valence-electron chi connectivity index (χ1n) is 7.80. The minimum absolute atomic E-state index is 0.0650. The number of methoxy groups -OCH3 is 1. The molecule has 7 heteroatoms. The molecule has 3 aromatic rings. The van der Waals surface area contributed by atoms with E-state index in [1.165, 1.54) is 13.3 Å². The van der Waals surface area contributed by atoms with E-state index in [4.69, 9.17) is 14.7 Å². The molecule has 1 aromatic heterocycles. The van der Waals surface area contributed by atoms with Crippen LogP contribution in [0.25, 0.3) is 10.9 Å². The molecule has 7 nitrogen and oxygen atoms in total. The largest absolute Gasteiger partial charge is 0.493 e. The summed E-state index contributed by atoms with van der Waals surface area (Å²) in [5.41, 5.74) is 4.63. The SMILES string of the molecule is COc1cc(/C=N/NC(=O)c2c[nH]c3ccccc23)ccc1OCC#N. The number of rotatable bonds is 6. The standard InChI is InChI=1S/C19H16N4O3/c1-25-18-10-13(6-7-17(18)26-9-8-20)11-22-23-19(24)15-12-21-16-5-3-2-4-14(15)16/h2-7,10-12,21H,9H2,1H3,(H,23,24)/b22-11+. The number of hydrogen-bond donors (Lipinski definition) is 2. The molecular weight excluding hydrogens is 332 g/mol. The Balaban J connectivity index is 1.70. The molecule has 3 rings (SSSR count). The molecule has 0 saturated carbocycles. The highest BCUT2D eigenvalue weighted by Crippen LogP contribution is 2.27. The van der Waals surface area contributed by atoms with E-state index in [0.717, 1.165) is 10.9 Å². The van der Waals surface area contributed by atoms with E-state index in [0.29, 0.717) is 22.6 Å². The first-order valence-corrected chi connectivity index (χ1v) is 7.80. The van der Waals surface area contributed by atoms with Crippen LogP contribution in [0.5, 0.6) is 11.5 Å². The van der Waals surface area contributed by atoms with Crippen LogP contribution in [0.1, 0.15) is 15.9 Å². The average Bonchev–Trinajstić information content (AvgIpc) is 3.11. The lowest BCUT2D eigenvalue weighted by Gasteiger charge is -2.08. The van der Waals surface area contributed by atoms with Gasteiger partial charge in [-0.3, -0.25) is 4.79 Å². The number of carbonyl (C=O) groups is 1. The maximum Gasteiger partial charge on any atom is 0.273 e. The lowest BCUT2D eigenvalue weighted by atomic mass is 10.2. The summed E-state index contributed by atoms with van der Waals surface area (Å²) < 4.78 is 10.5. The van der Waals surface area contributed by atoms with Crippen molar-refractivity contribution in [3.63, 3.8) is 0 Å². The summed E-state index contributed by atoms with van der Waals surface area (Å²) in [6.45, 7) is -0.0650. The summed E-state index contributed by atoms with van der Waals surface area (Å²) in [6, 6.07) is 14.6. The summed E-state index contributed by atoms with van der Waals surface area (Å²) in [5, 5.41) is 13.4. The zero-order valence-electron chi connectivity index (χ0n) is 14.0. The summed E-state index contributed by atoms with van der Waals surface area (Å²) in [4.78, 5) is 15.3. The van der Waals surface area contributed by atoms with Gasteiger partial charge in [-0.25, -0.2) is 5.43 Å². The Hall–Kier alpha value is -3.79. The summed E-state index contributed by atoms with van der Waals surface area (Å²) in [6.07, 6.45) is 3.16. The number of nitriles is 1. The molecule has 0 unspecified atom stereocenters. The van der Waals surface area contributed by atoms with Crippen LogP contribution in [0.15, 0.2) is 53.8 Å². The molecule has 0 radical (unpaired) electrons. The van der Waals surface area contributed by atoms with Crippen LogP contribution in [0.4, 0.5) is 0 Å². The highest BCUT2D eigenvalue weighted by atomic mass is 16.5. The fraction of sp³-hybridized carbons (Fsp3) is 0.105. The predicted octanol–water partition coefficient (Wildman–Crippen LogP) is 2.84. The number of hydrazone groups is 1. The number of H-pyrrole nitrogens is 1. The number of amides is 1. The average molecular weight is 348 g/mol. The van der Waals surface area contributed by atoms with Crippen LogP contribution >= 0.6 is 0 Å². The molecule has 26 heavy (non-hydrogen) atoms. The van der Waals surface area contributed by atoms with Crippen molar-refractivity contribution in [3.8, 4) is 17.6 Å². The van der Waals surface area contributed by atoms with Gasteiger partial charge in [0.2, 0.25) is 0 Å². The third-order valence-corrected chi connectivity index (χ3v) is 3.69. The van der Waals surface area contributed by atoms with Gasteiger partial charge in [0.25, 0.3) is 5.91 Å². The number of para-hydroxylation sites is 1. The smallest absolute Gasteiger partial charge is 0.273 e. The second-order valence-electron chi connectivity index (χ2n) is 5.30. The molecule has 0 aliphatic heterocycles. The lowest BCUT2D eigenvalue weighted by molar-refractivity contribution is 0.0957. The molecule has 0 atom stereocenters. The van der Waals surface area contributed by atoms with Gasteiger partial charge >= 0.3 is 0 Å². The monoisotopic (exact) mass is 348 g/mol. The summed E-state index contributed by atoms with van der Waals surface area (Å²) in [7, 11) is 1.51. The number of aromatic nitrogens is 1. The van der Waals surface area contributed by atoms with Crippen LogP contribution < -0.4 is 14.9 Å². The highest BCUT2D eigenvalue weighted by Gasteiger charge is 2.10. The van der Waals surface area contributed by atoms with E-state index in [-0.39, 0.29) is 12.5 Å². The Bertz CT molecular complexity index is 1000. The van der Waals surface area contributed by atoms with Crippen molar-refractivity contribution in [2.24, 2.45) is 5.10 Å². The third kappa shape index (κ3) is 3.65. The van der Waals surface area contributed by atoms with Crippen LogP contribution in [0.3, 0.4) is 0 Å². The molecule has 0 fully saturated rings. The van der Waals surface area contributed by atoms with Gasteiger partial charge in [0.1, 0.15) is 6.07 Å². The van der Waals surface area contributed by atoms with Crippen molar-refractivity contribution in [1.82, 2.24) is 10.4 Å². The van der Waals surface area contributed by atoms with Crippen LogP contribution in [-0.2, 0) is 0 Å². The number of benzene rings is 2. The van der Waals surface area contributed by atoms with Gasteiger partial charge < -0.3 is 14.5 Å². The van der Waals surface area contributed by atoms with Crippen molar-refractivity contribution in [1.29, 1.82) is 5.26 Å². The molecule has 130 valence electrons. The fourth-order valence-corrected chi connectivity index (χ4v) is 2.48. The van der Waals surface area contributed by atoms with Gasteiger partial charge in [0.15, 0.2) is 18.1 Å². The number of hydrogen-bond acceptors (Lipinski definition) is 5. The molecule has 2 N–H and O–H groups in total. The first kappa shape index (κ1) is 17.0. The van der Waals surface area contributed by atoms with Crippen LogP contribution in [0.2, 0.25) is 0 Å². The topological polar surface area (TPSA) is 99.5 Å². The molecule has 0 saturated heterocycles. The van der Waals surface area contributed by atoms with Crippen LogP contribution in [0, 0.1) is 11.3 Å². The van der Waals surface area contributed by atoms with Crippen molar-refractivity contribution < 1.29 is 14.3 Å². The van der Waals surface area contributed by atoms with E-state index < -0.39 is 0 Å². The van der Waals surface area contributed by atoms with Crippen molar-refractivity contribution in [3.05, 3.63) is 59.8 Å². The van der Waals surface area contributed by atoms with E-state index in [2.05, 4.69) is 15.5 Å². The zero-order valence-corrected chi connectivity index (χ0v) is 14.0. The Morgan fingerprint density at radius 1 is 1.31 bits per heavy atom. The quantitative estimate of drug-likeness (QED) is 0.528. The number of carbonyl (C=O) groups excluding carboxylic acids is 1. The van der Waals surface area contributed by atoms with E-state index >= 15 is 0 Å². The number of nitrogens with one attached hydrogen (secondary N) is 2. The van der Waals surface area contributed by atoms with Gasteiger partial charge in [-0.15, -0.1) is 0 Å². The minimum atomic E-state index is -0.306. The predicted molar refractivity (Wildman–Crippen MR) is 97.5 cm³/mol. The lowest BCUT2D eigenvalue weighted by Crippen LogP contribution is -2.17. The molecule has 0 aliphatic carbocycles. The zero-order chi connectivity index (χ0) is 18.4. The molecule has 0 spiro atoms. The van der Waals surface area contributed by atoms with Gasteiger partial charge in [0, 0.05) is 17.1 Å². The van der Waals surface area contributed by atoms with E-state index in [9.17, 15) is 4.79 Å². The van der Waals surface area contributed by atoms with Gasteiger partial charge in [-0.05, 0) is 29.8 Å². The normalized spacial score (nSPS) is 10.6. The summed E-state index contributed by atoms with van der Waals surface area (Å²) >= 11 is 0. The molecular formula is C19H16N4O3. The highest BCUT2D eigenvalue weighted by molar-refractivity contribution is 6.06. The molecule has 0 aliphatic rings. The second-order valence-corrected chi connectivity index (χ2v) is 5.30. The van der Waals surface area contributed by atoms with Gasteiger partial charge in [0.05, 0.1) is 18.9 Å². The number of aromatic amines is 1. The number of ether oxygens (including phenoxy) is 2. The Labute approximate surface area is 149 Å². The van der Waals surface area contributed by atoms with Gasteiger partial charge in [-0.2, -0.15) is 10.4 Å². The maximum atomic E-state index is 12.3. The van der Waals surface area contributed by atoms with Gasteiger partial charge in [-0.1, -0.05) is 18.2 Å². The third-order valence-electron chi connectivity index (χ3n) is 3.69. The maximum absolute atomic E-state index is 12.3. The van der Waals surface area contributed by atoms with Crippen molar-refractivity contribution >= 4 is 23.0 Å². The van der Waals surface area contributed by atoms with Crippen LogP contribution in [-0.4, -0.2) is 30.8 Å². The number of nitrogens with zero attached hydrogens (tertiary/aromatic N) is 2. The first-order chi connectivity index (χ1) is 12.7. The molecule has 1 amide bonds. The summed E-state index contributed by atoms with van der Waals surface area (Å²) in [5.74, 6) is 0.640. The Morgan fingerprint density at radius 3 is 2.96 bits per heavy atom. The number of fused-ring (bicyclic) bond motifs is 1. The van der Waals surface area contributed by atoms with E-state index in [1.807, 2.05) is 30.3 Å². The molecule has 0 bridgehead atoms. The Kier molecular flexibility index (Phi) is 5.15. The second kappa shape index (κ2) is 7.85. The Morgan fingerprint density at radius 2 is 2.15 bits per heavy atom. The van der Waals surface area contributed by atoms with E-state index in [1.54, 1.807) is 24.4 Å². The fourth-order valence-electron chi connectivity index (χ4n) is 2.48. The molecule has 2 aromatic carbocycles. The minimum Gasteiger partial charge on any atom is -0.493 e.